The van der Waals surface area contributed by atoms with Crippen LogP contribution in [-0.4, -0.2) is 58.5 Å². The Labute approximate surface area is 126 Å². The van der Waals surface area contributed by atoms with Gasteiger partial charge in [0, 0.05) is 18.6 Å². The number of carboxylic acids is 1. The summed E-state index contributed by atoms with van der Waals surface area (Å²) >= 11 is 0. The molecule has 6 heteroatoms. The third-order valence-corrected chi connectivity index (χ3v) is 4.46. The number of carbonyl (C=O) groups excluding carboxylic acids is 1. The van der Waals surface area contributed by atoms with Crippen molar-refractivity contribution in [3.63, 3.8) is 0 Å². The number of hydrogen-bond donors (Lipinski definition) is 1. The second kappa shape index (κ2) is 7.27. The lowest BCUT2D eigenvalue weighted by atomic mass is 9.97. The van der Waals surface area contributed by atoms with Crippen LogP contribution in [0.3, 0.4) is 0 Å². The van der Waals surface area contributed by atoms with Gasteiger partial charge >= 0.3 is 5.97 Å². The smallest absolute Gasteiger partial charge is 0.307 e. The molecule has 0 aromatic heterocycles. The molecular formula is C14H25ClN2O3. The lowest BCUT2D eigenvalue weighted by molar-refractivity contribution is -0.142. The SMILES string of the molecule is CC1CCCC(C)N1C(=O)CN1CCC(C(=O)O)C1.Cl. The molecule has 1 amide bonds. The summed E-state index contributed by atoms with van der Waals surface area (Å²) in [6, 6.07) is 0.628. The molecule has 0 aliphatic carbocycles. The highest BCUT2D eigenvalue weighted by atomic mass is 35.5. The Hall–Kier alpha value is -0.810. The van der Waals surface area contributed by atoms with Crippen LogP contribution in [0.5, 0.6) is 0 Å². The highest BCUT2D eigenvalue weighted by Gasteiger charge is 2.33. The van der Waals surface area contributed by atoms with Crippen LogP contribution in [0.4, 0.5) is 0 Å². The van der Waals surface area contributed by atoms with Crippen LogP contribution < -0.4 is 0 Å². The Kier molecular flexibility index (Phi) is 6.27. The predicted molar refractivity (Wildman–Crippen MR) is 79.1 cm³/mol. The number of aliphatic carboxylic acids is 1. The molecule has 0 spiro atoms. The minimum Gasteiger partial charge on any atom is -0.481 e. The van der Waals surface area contributed by atoms with Crippen LogP contribution >= 0.6 is 12.4 Å². The first-order valence-electron chi connectivity index (χ1n) is 7.25. The molecule has 2 fully saturated rings. The molecule has 5 nitrogen and oxygen atoms in total. The standard InChI is InChI=1S/C14H24N2O3.ClH/c1-10-4-3-5-11(2)16(10)13(17)9-15-7-6-12(8-15)14(18)19;/h10-12H,3-9H2,1-2H3,(H,18,19);1H. The zero-order valence-electron chi connectivity index (χ0n) is 12.2. The number of nitrogens with zero attached hydrogens (tertiary/aromatic N) is 2. The fourth-order valence-electron chi connectivity index (χ4n) is 3.36. The Balaban J connectivity index is 0.00000200. The Morgan fingerprint density at radius 2 is 1.75 bits per heavy atom. The summed E-state index contributed by atoms with van der Waals surface area (Å²) in [6.45, 7) is 5.82. The molecule has 2 saturated heterocycles. The van der Waals surface area contributed by atoms with E-state index in [1.165, 1.54) is 6.42 Å². The zero-order valence-corrected chi connectivity index (χ0v) is 13.1. The van der Waals surface area contributed by atoms with Crippen molar-refractivity contribution < 1.29 is 14.7 Å². The number of rotatable bonds is 3. The second-order valence-electron chi connectivity index (χ2n) is 5.99. The monoisotopic (exact) mass is 304 g/mol. The van der Waals surface area contributed by atoms with Gasteiger partial charge in [-0.2, -0.15) is 0 Å². The van der Waals surface area contributed by atoms with E-state index in [0.717, 1.165) is 19.4 Å². The molecule has 0 saturated carbocycles. The molecule has 2 aliphatic heterocycles. The third kappa shape index (κ3) is 3.85. The summed E-state index contributed by atoms with van der Waals surface area (Å²) in [4.78, 5) is 27.3. The molecule has 116 valence electrons. The van der Waals surface area contributed by atoms with Gasteiger partial charge in [-0.25, -0.2) is 0 Å². The van der Waals surface area contributed by atoms with Gasteiger partial charge in [0.25, 0.3) is 0 Å². The van der Waals surface area contributed by atoms with Crippen molar-refractivity contribution in [3.05, 3.63) is 0 Å². The van der Waals surface area contributed by atoms with Crippen molar-refractivity contribution in [2.45, 2.75) is 51.6 Å². The number of carbonyl (C=O) groups is 2. The van der Waals surface area contributed by atoms with Crippen LogP contribution in [0.25, 0.3) is 0 Å². The van der Waals surface area contributed by atoms with Crippen LogP contribution in [-0.2, 0) is 9.59 Å². The molecular weight excluding hydrogens is 280 g/mol. The van der Waals surface area contributed by atoms with E-state index in [0.29, 0.717) is 31.6 Å². The minimum absolute atomic E-state index is 0. The summed E-state index contributed by atoms with van der Waals surface area (Å²) in [7, 11) is 0. The quantitative estimate of drug-likeness (QED) is 0.860. The molecule has 3 atom stereocenters. The lowest BCUT2D eigenvalue weighted by Crippen LogP contribution is -2.50. The number of halogens is 1. The van der Waals surface area contributed by atoms with Crippen molar-refractivity contribution in [2.24, 2.45) is 5.92 Å². The molecule has 0 radical (unpaired) electrons. The van der Waals surface area contributed by atoms with E-state index in [1.54, 1.807) is 0 Å². The molecule has 2 aliphatic rings. The zero-order chi connectivity index (χ0) is 14.0. The first-order valence-corrected chi connectivity index (χ1v) is 7.25. The number of likely N-dealkylation sites (tertiary alicyclic amines) is 2. The Bertz CT molecular complexity index is 354. The van der Waals surface area contributed by atoms with Gasteiger partial charge in [0.05, 0.1) is 12.5 Å². The normalized spacial score (nSPS) is 30.9. The van der Waals surface area contributed by atoms with Crippen molar-refractivity contribution in [1.29, 1.82) is 0 Å². The van der Waals surface area contributed by atoms with Crippen molar-refractivity contribution in [3.8, 4) is 0 Å². The second-order valence-corrected chi connectivity index (χ2v) is 5.99. The first kappa shape index (κ1) is 17.2. The van der Waals surface area contributed by atoms with Crippen LogP contribution in [0.2, 0.25) is 0 Å². The van der Waals surface area contributed by atoms with Crippen molar-refractivity contribution in [2.75, 3.05) is 19.6 Å². The summed E-state index contributed by atoms with van der Waals surface area (Å²) < 4.78 is 0. The fourth-order valence-corrected chi connectivity index (χ4v) is 3.36. The molecule has 0 aromatic rings. The topological polar surface area (TPSA) is 60.9 Å². The summed E-state index contributed by atoms with van der Waals surface area (Å²) in [5.41, 5.74) is 0. The summed E-state index contributed by atoms with van der Waals surface area (Å²) in [5, 5.41) is 8.98. The minimum atomic E-state index is -0.741. The average molecular weight is 305 g/mol. The molecule has 0 bridgehead atoms. The number of piperidine rings is 1. The highest BCUT2D eigenvalue weighted by Crippen LogP contribution is 2.23. The van der Waals surface area contributed by atoms with E-state index in [2.05, 4.69) is 13.8 Å². The molecule has 2 heterocycles. The van der Waals surface area contributed by atoms with Gasteiger partial charge in [0.15, 0.2) is 0 Å². The molecule has 20 heavy (non-hydrogen) atoms. The molecule has 0 aromatic carbocycles. The maximum Gasteiger partial charge on any atom is 0.307 e. The van der Waals surface area contributed by atoms with Gasteiger partial charge in [-0.15, -0.1) is 12.4 Å². The lowest BCUT2D eigenvalue weighted by Gasteiger charge is -2.39. The van der Waals surface area contributed by atoms with Crippen LogP contribution in [0.15, 0.2) is 0 Å². The van der Waals surface area contributed by atoms with E-state index < -0.39 is 5.97 Å². The average Bonchev–Trinajstić information content (AvgIpc) is 2.77. The van der Waals surface area contributed by atoms with Gasteiger partial charge in [0.2, 0.25) is 5.91 Å². The highest BCUT2D eigenvalue weighted by molar-refractivity contribution is 5.85. The van der Waals surface area contributed by atoms with Gasteiger partial charge in [-0.3, -0.25) is 14.5 Å². The predicted octanol–water partition coefficient (Wildman–Crippen LogP) is 1.60. The van der Waals surface area contributed by atoms with E-state index >= 15 is 0 Å². The summed E-state index contributed by atoms with van der Waals surface area (Å²) in [5.74, 6) is -0.885. The Morgan fingerprint density at radius 1 is 1.15 bits per heavy atom. The van der Waals surface area contributed by atoms with E-state index in [4.69, 9.17) is 5.11 Å². The van der Waals surface area contributed by atoms with Gasteiger partial charge < -0.3 is 10.0 Å². The maximum absolute atomic E-state index is 12.4. The van der Waals surface area contributed by atoms with Crippen molar-refractivity contribution >= 4 is 24.3 Å². The van der Waals surface area contributed by atoms with E-state index in [1.807, 2.05) is 9.80 Å². The summed E-state index contributed by atoms with van der Waals surface area (Å²) in [6.07, 6.45) is 4.01. The Morgan fingerprint density at radius 3 is 2.25 bits per heavy atom. The number of hydrogen-bond acceptors (Lipinski definition) is 3. The van der Waals surface area contributed by atoms with Gasteiger partial charge in [-0.05, 0) is 46.1 Å². The number of carboxylic acid groups (broad SMARTS) is 1. The van der Waals surface area contributed by atoms with Gasteiger partial charge in [0.1, 0.15) is 0 Å². The van der Waals surface area contributed by atoms with E-state index in [-0.39, 0.29) is 24.2 Å². The van der Waals surface area contributed by atoms with E-state index in [9.17, 15) is 9.59 Å². The number of amides is 1. The van der Waals surface area contributed by atoms with Gasteiger partial charge in [-0.1, -0.05) is 0 Å². The van der Waals surface area contributed by atoms with Crippen LogP contribution in [0, 0.1) is 5.92 Å². The van der Waals surface area contributed by atoms with Crippen molar-refractivity contribution in [1.82, 2.24) is 9.80 Å². The fraction of sp³-hybridized carbons (Fsp3) is 0.857. The first-order chi connectivity index (χ1) is 8.99. The third-order valence-electron chi connectivity index (χ3n) is 4.46. The molecule has 2 rings (SSSR count). The van der Waals surface area contributed by atoms with Crippen LogP contribution in [0.1, 0.15) is 39.5 Å². The largest absolute Gasteiger partial charge is 0.481 e. The molecule has 3 unspecified atom stereocenters. The maximum atomic E-state index is 12.4. The molecule has 1 N–H and O–H groups in total.